The highest BCUT2D eigenvalue weighted by Crippen LogP contribution is 2.42. The number of nitrogen functional groups attached to an aromatic ring is 1. The van der Waals surface area contributed by atoms with Gasteiger partial charge in [-0.2, -0.15) is 0 Å². The van der Waals surface area contributed by atoms with Crippen molar-refractivity contribution in [3.05, 3.63) is 35.9 Å². The fraction of sp³-hybridized carbons (Fsp3) is 0.231. The van der Waals surface area contributed by atoms with E-state index in [1.807, 2.05) is 25.2 Å². The summed E-state index contributed by atoms with van der Waals surface area (Å²) in [7, 11) is 1.94. The van der Waals surface area contributed by atoms with Crippen molar-refractivity contribution in [1.82, 2.24) is 0 Å². The largest absolute Gasteiger partial charge is 0.390 e. The molecule has 3 N–H and O–H groups in total. The lowest BCUT2D eigenvalue weighted by atomic mass is 10.0. The molecule has 0 atom stereocenters. The molecule has 0 fully saturated rings. The van der Waals surface area contributed by atoms with Crippen LogP contribution in [0.15, 0.2) is 30.3 Å². The average Bonchev–Trinajstić information content (AvgIpc) is 2.66. The Kier molecular flexibility index (Phi) is 3.15. The second kappa shape index (κ2) is 4.58. The summed E-state index contributed by atoms with van der Waals surface area (Å²) in [6.45, 7) is 2.16. The highest BCUT2D eigenvalue weighted by atomic mass is 32.1. The summed E-state index contributed by atoms with van der Waals surface area (Å²) in [6.07, 6.45) is 0.994. The van der Waals surface area contributed by atoms with E-state index >= 15 is 0 Å². The van der Waals surface area contributed by atoms with Gasteiger partial charge in [0.15, 0.2) is 0 Å². The van der Waals surface area contributed by atoms with Gasteiger partial charge in [0, 0.05) is 12.6 Å². The number of hydrogen-bond acceptors (Lipinski definition) is 3. The molecule has 0 bridgehead atoms. The van der Waals surface area contributed by atoms with Gasteiger partial charge < -0.3 is 11.1 Å². The Hall–Kier alpha value is -1.48. The number of hydrogen-bond donors (Lipinski definition) is 2. The van der Waals surface area contributed by atoms with Crippen LogP contribution >= 0.6 is 11.3 Å². The highest BCUT2D eigenvalue weighted by molar-refractivity contribution is 7.20. The summed E-state index contributed by atoms with van der Waals surface area (Å²) < 4.78 is 0. The van der Waals surface area contributed by atoms with Crippen LogP contribution in [0.25, 0.3) is 11.1 Å². The first-order chi connectivity index (χ1) is 7.77. The summed E-state index contributed by atoms with van der Waals surface area (Å²) >= 11 is 1.63. The fourth-order valence-corrected chi connectivity index (χ4v) is 2.98. The Labute approximate surface area is 100 Å². The zero-order chi connectivity index (χ0) is 11.5. The number of benzene rings is 1. The van der Waals surface area contributed by atoms with Crippen molar-refractivity contribution in [2.45, 2.75) is 13.3 Å². The van der Waals surface area contributed by atoms with Crippen LogP contribution in [-0.4, -0.2) is 7.05 Å². The lowest BCUT2D eigenvalue weighted by molar-refractivity contribution is 1.15. The van der Waals surface area contributed by atoms with Crippen LogP contribution in [0.2, 0.25) is 0 Å². The van der Waals surface area contributed by atoms with Crippen molar-refractivity contribution in [2.75, 3.05) is 18.1 Å². The number of anilines is 2. The predicted octanol–water partition coefficient (Wildman–Crippen LogP) is 3.60. The molecule has 3 heteroatoms. The van der Waals surface area contributed by atoms with E-state index in [2.05, 4.69) is 24.4 Å². The van der Waals surface area contributed by atoms with Crippen molar-refractivity contribution in [2.24, 2.45) is 0 Å². The van der Waals surface area contributed by atoms with E-state index in [-0.39, 0.29) is 0 Å². The van der Waals surface area contributed by atoms with Crippen LogP contribution in [0, 0.1) is 0 Å². The first-order valence-corrected chi connectivity index (χ1v) is 6.23. The molecule has 0 aliphatic heterocycles. The van der Waals surface area contributed by atoms with Gasteiger partial charge in [0.05, 0.1) is 10.0 Å². The maximum atomic E-state index is 6.10. The van der Waals surface area contributed by atoms with E-state index in [0.29, 0.717) is 0 Å². The van der Waals surface area contributed by atoms with Crippen LogP contribution in [0.1, 0.15) is 12.5 Å². The van der Waals surface area contributed by atoms with Gasteiger partial charge in [-0.3, -0.25) is 0 Å². The Morgan fingerprint density at radius 3 is 2.50 bits per heavy atom. The van der Waals surface area contributed by atoms with E-state index in [1.54, 1.807) is 11.3 Å². The van der Waals surface area contributed by atoms with E-state index in [9.17, 15) is 0 Å². The average molecular weight is 232 g/mol. The van der Waals surface area contributed by atoms with Crippen molar-refractivity contribution in [3.8, 4) is 11.1 Å². The topological polar surface area (TPSA) is 38.0 Å². The molecule has 2 aromatic rings. The lowest BCUT2D eigenvalue weighted by Crippen LogP contribution is -1.91. The maximum Gasteiger partial charge on any atom is 0.0960 e. The molecule has 16 heavy (non-hydrogen) atoms. The van der Waals surface area contributed by atoms with Crippen LogP contribution in [0.5, 0.6) is 0 Å². The quantitative estimate of drug-likeness (QED) is 0.848. The van der Waals surface area contributed by atoms with Gasteiger partial charge >= 0.3 is 0 Å². The summed E-state index contributed by atoms with van der Waals surface area (Å²) in [4.78, 5) is 0. The Morgan fingerprint density at radius 2 is 1.94 bits per heavy atom. The molecule has 2 rings (SSSR count). The molecule has 1 aromatic carbocycles. The van der Waals surface area contributed by atoms with Gasteiger partial charge in [0.25, 0.3) is 0 Å². The SMILES string of the molecule is CCc1c(NC)sc(N)c1-c1ccccc1. The summed E-state index contributed by atoms with van der Waals surface area (Å²) in [5.41, 5.74) is 9.82. The zero-order valence-electron chi connectivity index (χ0n) is 9.58. The van der Waals surface area contributed by atoms with Gasteiger partial charge in [0.1, 0.15) is 0 Å². The number of rotatable bonds is 3. The van der Waals surface area contributed by atoms with Gasteiger partial charge in [0.2, 0.25) is 0 Å². The van der Waals surface area contributed by atoms with Crippen LogP contribution in [0.3, 0.4) is 0 Å². The van der Waals surface area contributed by atoms with E-state index < -0.39 is 0 Å². The van der Waals surface area contributed by atoms with Crippen molar-refractivity contribution in [3.63, 3.8) is 0 Å². The molecule has 0 saturated carbocycles. The molecule has 1 heterocycles. The summed E-state index contributed by atoms with van der Waals surface area (Å²) in [5.74, 6) is 0. The molecule has 0 saturated heterocycles. The van der Waals surface area contributed by atoms with E-state index in [0.717, 1.165) is 11.4 Å². The molecule has 0 radical (unpaired) electrons. The number of nitrogens with one attached hydrogen (secondary N) is 1. The van der Waals surface area contributed by atoms with Crippen molar-refractivity contribution in [1.29, 1.82) is 0 Å². The molecule has 0 aliphatic carbocycles. The van der Waals surface area contributed by atoms with Gasteiger partial charge in [-0.25, -0.2) is 0 Å². The second-order valence-corrected chi connectivity index (χ2v) is 4.67. The third-order valence-corrected chi connectivity index (χ3v) is 3.76. The lowest BCUT2D eigenvalue weighted by Gasteiger charge is -2.05. The monoisotopic (exact) mass is 232 g/mol. The minimum atomic E-state index is 0.896. The molecule has 84 valence electrons. The Bertz CT molecular complexity index is 474. The number of thiophene rings is 1. The minimum absolute atomic E-state index is 0.896. The standard InChI is InChI=1S/C13H16N2S/c1-3-10-11(9-7-5-4-6-8-9)12(14)16-13(10)15-2/h4-8,15H,3,14H2,1-2H3. The summed E-state index contributed by atoms with van der Waals surface area (Å²) in [6, 6.07) is 10.3. The molecule has 0 spiro atoms. The Balaban J connectivity index is 2.60. The van der Waals surface area contributed by atoms with Crippen LogP contribution in [-0.2, 0) is 6.42 Å². The molecule has 2 nitrogen and oxygen atoms in total. The van der Waals surface area contributed by atoms with Crippen LogP contribution < -0.4 is 11.1 Å². The maximum absolute atomic E-state index is 6.10. The van der Waals surface area contributed by atoms with Crippen molar-refractivity contribution >= 4 is 21.3 Å². The zero-order valence-corrected chi connectivity index (χ0v) is 10.4. The summed E-state index contributed by atoms with van der Waals surface area (Å²) in [5, 5.41) is 5.29. The highest BCUT2D eigenvalue weighted by Gasteiger charge is 2.15. The molecular weight excluding hydrogens is 216 g/mol. The van der Waals surface area contributed by atoms with Crippen molar-refractivity contribution < 1.29 is 0 Å². The Morgan fingerprint density at radius 1 is 1.25 bits per heavy atom. The van der Waals surface area contributed by atoms with Gasteiger partial charge in [-0.05, 0) is 17.5 Å². The fourth-order valence-electron chi connectivity index (χ4n) is 1.95. The van der Waals surface area contributed by atoms with Gasteiger partial charge in [-0.1, -0.05) is 37.3 Å². The third kappa shape index (κ3) is 1.78. The number of nitrogens with two attached hydrogens (primary N) is 1. The molecular formula is C13H16N2S. The first-order valence-electron chi connectivity index (χ1n) is 5.42. The normalized spacial score (nSPS) is 10.4. The van der Waals surface area contributed by atoms with Crippen LogP contribution in [0.4, 0.5) is 10.0 Å². The van der Waals surface area contributed by atoms with E-state index in [1.165, 1.54) is 21.7 Å². The van der Waals surface area contributed by atoms with Gasteiger partial charge in [-0.15, -0.1) is 11.3 Å². The first kappa shape index (κ1) is 11.0. The molecule has 1 aromatic heterocycles. The van der Waals surface area contributed by atoms with E-state index in [4.69, 9.17) is 5.73 Å². The second-order valence-electron chi connectivity index (χ2n) is 3.62. The smallest absolute Gasteiger partial charge is 0.0960 e. The molecule has 0 aliphatic rings. The molecule has 0 unspecified atom stereocenters. The predicted molar refractivity (Wildman–Crippen MR) is 73.1 cm³/mol. The molecule has 0 amide bonds. The minimum Gasteiger partial charge on any atom is -0.390 e. The third-order valence-electron chi connectivity index (χ3n) is 2.68.